The van der Waals surface area contributed by atoms with Gasteiger partial charge in [-0.2, -0.15) is 0 Å². The number of carbonyl (C=O) groups excluding carboxylic acids is 2. The Morgan fingerprint density at radius 3 is 1.53 bits per heavy atom. The number of hydrogen-bond acceptors (Lipinski definition) is 5. The number of carboxylic acids is 2. The maximum atomic E-state index is 10.1. The third-order valence-electron chi connectivity index (χ3n) is 1.64. The van der Waals surface area contributed by atoms with Crippen LogP contribution in [0.2, 0.25) is 0 Å². The fourth-order valence-electron chi connectivity index (χ4n) is 0.740. The van der Waals surface area contributed by atoms with Crippen LogP contribution in [0.15, 0.2) is 0 Å². The molecule has 0 heterocycles. The van der Waals surface area contributed by atoms with E-state index in [1.807, 2.05) is 13.8 Å². The predicted octanol–water partition coefficient (Wildman–Crippen LogP) is -0.575. The van der Waals surface area contributed by atoms with Gasteiger partial charge in [-0.3, -0.25) is 0 Å². The van der Waals surface area contributed by atoms with Crippen molar-refractivity contribution in [1.29, 1.82) is 0 Å². The van der Waals surface area contributed by atoms with Gasteiger partial charge < -0.3 is 19.8 Å². The van der Waals surface area contributed by atoms with Crippen molar-refractivity contribution in [3.8, 4) is 0 Å². The molecular formula is C11H21AlO5. The molecule has 0 bridgehead atoms. The van der Waals surface area contributed by atoms with Gasteiger partial charge in [0.1, 0.15) is 0 Å². The van der Waals surface area contributed by atoms with Crippen molar-refractivity contribution in [1.82, 2.24) is 0 Å². The summed E-state index contributed by atoms with van der Waals surface area (Å²) in [5.74, 6) is -2.25. The van der Waals surface area contributed by atoms with Crippen LogP contribution in [0.3, 0.4) is 0 Å². The van der Waals surface area contributed by atoms with Crippen LogP contribution in [-0.2, 0) is 13.4 Å². The Morgan fingerprint density at radius 2 is 1.53 bits per heavy atom. The summed E-state index contributed by atoms with van der Waals surface area (Å²) >= 11 is 2.20. The van der Waals surface area contributed by atoms with Crippen LogP contribution >= 0.6 is 0 Å². The van der Waals surface area contributed by atoms with Gasteiger partial charge >= 0.3 is 40.4 Å². The third-order valence-corrected chi connectivity index (χ3v) is 1.88. The van der Waals surface area contributed by atoms with Crippen LogP contribution in [0.1, 0.15) is 47.0 Å². The molecule has 6 heteroatoms. The van der Waals surface area contributed by atoms with Gasteiger partial charge in [0.05, 0.1) is 0 Å². The summed E-state index contributed by atoms with van der Waals surface area (Å²) < 4.78 is 4.61. The molecule has 0 fully saturated rings. The topological polar surface area (TPSA) is 89.5 Å². The molecule has 0 aliphatic carbocycles. The molecule has 0 unspecified atom stereocenters. The Labute approximate surface area is 112 Å². The fraction of sp³-hybridized carbons (Fsp3) is 0.818. The summed E-state index contributed by atoms with van der Waals surface area (Å²) in [4.78, 5) is 18.9. The number of carboxylic acid groups (broad SMARTS) is 2. The third kappa shape index (κ3) is 31.3. The number of aliphatic carboxylic acids is 2. The molecule has 0 radical (unpaired) electrons. The molecule has 0 saturated heterocycles. The average Bonchev–Trinajstić information content (AvgIpc) is 2.20. The monoisotopic (exact) mass is 260 g/mol. The second-order valence-corrected chi connectivity index (χ2v) is 3.53. The molecule has 0 aromatic rings. The maximum absolute atomic E-state index is 10.1. The first-order chi connectivity index (χ1) is 7.87. The Kier molecular flexibility index (Phi) is 22.7. The summed E-state index contributed by atoms with van der Waals surface area (Å²) in [5, 5.41) is 18.9. The summed E-state index contributed by atoms with van der Waals surface area (Å²) in [6.07, 6.45) is 2.46. The van der Waals surface area contributed by atoms with E-state index >= 15 is 0 Å². The zero-order valence-corrected chi connectivity index (χ0v) is 12.2. The van der Waals surface area contributed by atoms with E-state index in [1.54, 1.807) is 0 Å². The van der Waals surface area contributed by atoms with Gasteiger partial charge in [-0.15, -0.1) is 0 Å². The van der Waals surface area contributed by atoms with Crippen LogP contribution in [0, 0.1) is 5.92 Å². The van der Waals surface area contributed by atoms with Crippen molar-refractivity contribution in [2.75, 3.05) is 6.61 Å². The molecule has 0 spiro atoms. The molecular weight excluding hydrogens is 239 g/mol. The molecule has 0 aliphatic rings. The molecule has 0 aromatic carbocycles. The van der Waals surface area contributed by atoms with E-state index in [-0.39, 0.29) is 5.92 Å². The van der Waals surface area contributed by atoms with Gasteiger partial charge in [0.2, 0.25) is 0 Å². The van der Waals surface area contributed by atoms with E-state index in [1.165, 1.54) is 0 Å². The van der Waals surface area contributed by atoms with Gasteiger partial charge in [0.25, 0.3) is 0 Å². The van der Waals surface area contributed by atoms with E-state index < -0.39 is 11.9 Å². The molecule has 0 N–H and O–H groups in total. The second kappa shape index (κ2) is 17.8. The quantitative estimate of drug-likeness (QED) is 0.617. The van der Waals surface area contributed by atoms with Crippen LogP contribution in [0.4, 0.5) is 0 Å². The SMILES string of the molecule is CC(=O)[O-].CCC(CC)C(=O)[O-].CCC[O][Al+2]. The van der Waals surface area contributed by atoms with Gasteiger partial charge in [0.15, 0.2) is 0 Å². The summed E-state index contributed by atoms with van der Waals surface area (Å²) in [6, 6.07) is 0. The standard InChI is InChI=1S/C6H12O2.C3H7O.C2H4O2.Al/c1-3-5(4-2)6(7)8;1-2-3-4;1-2(3)4;/h5H,3-4H2,1-2H3,(H,7,8);2-3H2,1H3;1H3,(H,3,4);/q;-1;;+3/p-2. The summed E-state index contributed by atoms with van der Waals surface area (Å²) in [7, 11) is 0. The molecule has 0 saturated carbocycles. The Balaban J connectivity index is -0.000000188. The Bertz CT molecular complexity index is 175. The van der Waals surface area contributed by atoms with Crippen molar-refractivity contribution >= 4 is 28.6 Å². The van der Waals surface area contributed by atoms with E-state index in [0.29, 0.717) is 12.8 Å². The first kappa shape index (κ1) is 21.7. The zero-order chi connectivity index (χ0) is 14.3. The van der Waals surface area contributed by atoms with Crippen molar-refractivity contribution in [2.24, 2.45) is 5.92 Å². The molecule has 17 heavy (non-hydrogen) atoms. The fourth-order valence-corrected chi connectivity index (χ4v) is 0.976. The number of rotatable bonds is 5. The van der Waals surface area contributed by atoms with Crippen molar-refractivity contribution < 1.29 is 23.6 Å². The van der Waals surface area contributed by atoms with Crippen molar-refractivity contribution in [3.05, 3.63) is 0 Å². The molecule has 0 atom stereocenters. The molecule has 98 valence electrons. The average molecular weight is 260 g/mol. The normalized spacial score (nSPS) is 8.65. The summed E-state index contributed by atoms with van der Waals surface area (Å²) in [6.45, 7) is 7.60. The Hall–Kier alpha value is -0.568. The minimum absolute atomic E-state index is 0.241. The van der Waals surface area contributed by atoms with Crippen molar-refractivity contribution in [2.45, 2.75) is 47.0 Å². The van der Waals surface area contributed by atoms with Gasteiger partial charge in [-0.05, 0) is 25.7 Å². The first-order valence-electron chi connectivity index (χ1n) is 5.57. The van der Waals surface area contributed by atoms with Crippen LogP contribution in [0.5, 0.6) is 0 Å². The van der Waals surface area contributed by atoms with Gasteiger partial charge in [0, 0.05) is 11.9 Å². The van der Waals surface area contributed by atoms with Crippen LogP contribution < -0.4 is 10.2 Å². The number of hydrogen-bond donors (Lipinski definition) is 0. The molecule has 5 nitrogen and oxygen atoms in total. The second-order valence-electron chi connectivity index (χ2n) is 3.19. The number of carbonyl (C=O) groups is 2. The van der Waals surface area contributed by atoms with E-state index in [9.17, 15) is 9.90 Å². The van der Waals surface area contributed by atoms with Crippen LogP contribution in [0.25, 0.3) is 0 Å². The van der Waals surface area contributed by atoms with E-state index in [0.717, 1.165) is 20.0 Å². The zero-order valence-electron chi connectivity index (χ0n) is 11.0. The molecule has 0 amide bonds. The van der Waals surface area contributed by atoms with Crippen molar-refractivity contribution in [3.63, 3.8) is 0 Å². The molecule has 0 rings (SSSR count). The van der Waals surface area contributed by atoms with Crippen LogP contribution in [-0.4, -0.2) is 35.2 Å². The molecule has 0 aliphatic heterocycles. The Morgan fingerprint density at radius 1 is 1.18 bits per heavy atom. The van der Waals surface area contributed by atoms with Gasteiger partial charge in [-0.25, -0.2) is 0 Å². The summed E-state index contributed by atoms with van der Waals surface area (Å²) in [5.41, 5.74) is 0. The van der Waals surface area contributed by atoms with Gasteiger partial charge in [-0.1, -0.05) is 13.8 Å². The predicted molar refractivity (Wildman–Crippen MR) is 61.8 cm³/mol. The first-order valence-corrected chi connectivity index (χ1v) is 6.04. The van der Waals surface area contributed by atoms with E-state index in [4.69, 9.17) is 9.90 Å². The minimum atomic E-state index is -1.08. The van der Waals surface area contributed by atoms with E-state index in [2.05, 4.69) is 27.3 Å². The molecule has 0 aromatic heterocycles.